The predicted octanol–water partition coefficient (Wildman–Crippen LogP) is 5.86. The first-order valence-corrected chi connectivity index (χ1v) is 12.8. The van der Waals surface area contributed by atoms with E-state index in [-0.39, 0.29) is 30.3 Å². The fourth-order valence-corrected chi connectivity index (χ4v) is 4.66. The molecule has 2 N–H and O–H groups in total. The molecular formula is C27H34O7S. The van der Waals surface area contributed by atoms with E-state index in [1.807, 2.05) is 19.9 Å². The molecule has 0 bridgehead atoms. The van der Waals surface area contributed by atoms with Gasteiger partial charge in [0.2, 0.25) is 0 Å². The lowest BCUT2D eigenvalue weighted by atomic mass is 10.0. The highest BCUT2D eigenvalue weighted by atomic mass is 32.2. The molecule has 7 nitrogen and oxygen atoms in total. The standard InChI is InChI=1S/C27H34O7S/c1-5-8-22-24(13-11-20(18(3)28)26(22)32)35-16-7-15-33-23-12-10-21(19(4)29)27(17(23)2)34-14-6-9-25(30)31/h10-13,32H,5-9,14-16H2,1-4H3,(H,30,31). The number of carbonyl (C=O) groups excluding carboxylic acids is 2. The third kappa shape index (κ3) is 8.02. The van der Waals surface area contributed by atoms with Crippen molar-refractivity contribution in [1.82, 2.24) is 0 Å². The minimum atomic E-state index is -0.890. The van der Waals surface area contributed by atoms with Gasteiger partial charge in [0.05, 0.1) is 24.3 Å². The van der Waals surface area contributed by atoms with Crippen LogP contribution in [0.5, 0.6) is 17.2 Å². The number of carboxylic acid groups (broad SMARTS) is 1. The number of aliphatic carboxylic acids is 1. The fourth-order valence-electron chi connectivity index (χ4n) is 3.64. The van der Waals surface area contributed by atoms with E-state index in [1.165, 1.54) is 13.8 Å². The molecule has 2 rings (SSSR count). The second kappa shape index (κ2) is 13.8. The number of ether oxygens (including phenoxy) is 2. The monoisotopic (exact) mass is 502 g/mol. The second-order valence-corrected chi connectivity index (χ2v) is 9.40. The van der Waals surface area contributed by atoms with Crippen LogP contribution in [0.25, 0.3) is 0 Å². The molecule has 0 fully saturated rings. The summed E-state index contributed by atoms with van der Waals surface area (Å²) in [5.41, 5.74) is 2.31. The van der Waals surface area contributed by atoms with E-state index in [0.29, 0.717) is 47.6 Å². The molecule has 0 amide bonds. The van der Waals surface area contributed by atoms with Crippen LogP contribution in [-0.2, 0) is 11.2 Å². The van der Waals surface area contributed by atoms with Crippen LogP contribution in [0.1, 0.15) is 78.3 Å². The van der Waals surface area contributed by atoms with E-state index < -0.39 is 5.97 Å². The van der Waals surface area contributed by atoms with Gasteiger partial charge in [-0.25, -0.2) is 0 Å². The van der Waals surface area contributed by atoms with E-state index >= 15 is 0 Å². The van der Waals surface area contributed by atoms with E-state index in [2.05, 4.69) is 0 Å². The Labute approximate surface area is 210 Å². The number of phenols is 1. The number of hydrogen-bond donors (Lipinski definition) is 2. The fraction of sp³-hybridized carbons (Fsp3) is 0.444. The van der Waals surface area contributed by atoms with Crippen molar-refractivity contribution < 1.29 is 34.1 Å². The Bertz CT molecular complexity index is 1060. The lowest BCUT2D eigenvalue weighted by Crippen LogP contribution is -2.08. The first-order valence-electron chi connectivity index (χ1n) is 11.8. The zero-order chi connectivity index (χ0) is 26.0. The summed E-state index contributed by atoms with van der Waals surface area (Å²) in [7, 11) is 0. The molecule has 8 heteroatoms. The first kappa shape index (κ1) is 28.2. The summed E-state index contributed by atoms with van der Waals surface area (Å²) < 4.78 is 11.7. The van der Waals surface area contributed by atoms with Gasteiger partial charge < -0.3 is 19.7 Å². The van der Waals surface area contributed by atoms with Crippen LogP contribution < -0.4 is 9.47 Å². The van der Waals surface area contributed by atoms with Gasteiger partial charge in [0.1, 0.15) is 17.2 Å². The number of rotatable bonds is 15. The third-order valence-corrected chi connectivity index (χ3v) is 6.63. The van der Waals surface area contributed by atoms with Crippen molar-refractivity contribution >= 4 is 29.3 Å². The quantitative estimate of drug-likeness (QED) is 0.177. The summed E-state index contributed by atoms with van der Waals surface area (Å²) in [6.45, 7) is 7.41. The average Bonchev–Trinajstić information content (AvgIpc) is 2.79. The number of Topliss-reactive ketones (excluding diaryl/α,β-unsaturated/α-hetero) is 2. The van der Waals surface area contributed by atoms with Gasteiger partial charge in [0, 0.05) is 28.2 Å². The summed E-state index contributed by atoms with van der Waals surface area (Å²) in [5.74, 6) is 0.714. The SMILES string of the molecule is CCCc1c(SCCCOc2ccc(C(C)=O)c(OCCCC(=O)O)c2C)ccc(C(C)=O)c1O. The van der Waals surface area contributed by atoms with E-state index in [4.69, 9.17) is 14.6 Å². The van der Waals surface area contributed by atoms with Crippen molar-refractivity contribution in [2.24, 2.45) is 0 Å². The molecule has 0 aromatic heterocycles. The Balaban J connectivity index is 1.99. The molecule has 2 aromatic rings. The number of phenolic OH excluding ortho intramolecular Hbond substituents is 1. The predicted molar refractivity (Wildman–Crippen MR) is 136 cm³/mol. The summed E-state index contributed by atoms with van der Waals surface area (Å²) in [6.07, 6.45) is 2.65. The number of benzene rings is 2. The molecule has 0 radical (unpaired) electrons. The minimum absolute atomic E-state index is 0.00245. The lowest BCUT2D eigenvalue weighted by molar-refractivity contribution is -0.137. The summed E-state index contributed by atoms with van der Waals surface area (Å²) in [6, 6.07) is 6.99. The van der Waals surface area contributed by atoms with Crippen molar-refractivity contribution in [1.29, 1.82) is 0 Å². The molecule has 2 aromatic carbocycles. The normalized spacial score (nSPS) is 10.7. The maximum atomic E-state index is 12.0. The molecule has 0 spiro atoms. The van der Waals surface area contributed by atoms with Gasteiger partial charge in [-0.1, -0.05) is 13.3 Å². The zero-order valence-electron chi connectivity index (χ0n) is 20.8. The topological polar surface area (TPSA) is 110 Å². The van der Waals surface area contributed by atoms with E-state index in [0.717, 1.165) is 29.1 Å². The van der Waals surface area contributed by atoms with Crippen molar-refractivity contribution in [3.8, 4) is 17.2 Å². The number of thioether (sulfide) groups is 1. The second-order valence-electron chi connectivity index (χ2n) is 8.26. The van der Waals surface area contributed by atoms with Crippen LogP contribution in [0.4, 0.5) is 0 Å². The van der Waals surface area contributed by atoms with Crippen molar-refractivity contribution in [3.05, 3.63) is 46.5 Å². The minimum Gasteiger partial charge on any atom is -0.507 e. The highest BCUT2D eigenvalue weighted by Gasteiger charge is 2.17. The zero-order valence-corrected chi connectivity index (χ0v) is 21.6. The molecule has 190 valence electrons. The van der Waals surface area contributed by atoms with Crippen molar-refractivity contribution in [3.63, 3.8) is 0 Å². The van der Waals surface area contributed by atoms with Crippen LogP contribution in [0.2, 0.25) is 0 Å². The number of carbonyl (C=O) groups is 3. The number of ketones is 2. The Morgan fingerprint density at radius 3 is 2.23 bits per heavy atom. The summed E-state index contributed by atoms with van der Waals surface area (Å²) >= 11 is 1.62. The van der Waals surface area contributed by atoms with E-state index in [9.17, 15) is 19.5 Å². The molecule has 35 heavy (non-hydrogen) atoms. The van der Waals surface area contributed by atoms with Gasteiger partial charge in [0.25, 0.3) is 0 Å². The number of aromatic hydroxyl groups is 1. The Morgan fingerprint density at radius 1 is 0.943 bits per heavy atom. The van der Waals surface area contributed by atoms with Gasteiger partial charge in [0.15, 0.2) is 11.6 Å². The lowest BCUT2D eigenvalue weighted by Gasteiger charge is -2.17. The average molecular weight is 503 g/mol. The molecule has 0 aliphatic heterocycles. The molecule has 0 saturated heterocycles. The molecule has 0 aliphatic carbocycles. The Kier molecular flexibility index (Phi) is 11.1. The van der Waals surface area contributed by atoms with Gasteiger partial charge in [-0.15, -0.1) is 11.8 Å². The third-order valence-electron chi connectivity index (χ3n) is 5.44. The number of carboxylic acids is 1. The van der Waals surface area contributed by atoms with Crippen molar-refractivity contribution in [2.75, 3.05) is 19.0 Å². The Hall–Kier alpha value is -3.00. The van der Waals surface area contributed by atoms with Gasteiger partial charge in [-0.05, 0) is 64.3 Å². The molecule has 0 heterocycles. The number of hydrogen-bond acceptors (Lipinski definition) is 7. The van der Waals surface area contributed by atoms with Gasteiger partial charge >= 0.3 is 5.97 Å². The summed E-state index contributed by atoms with van der Waals surface area (Å²) in [4.78, 5) is 35.4. The van der Waals surface area contributed by atoms with Crippen molar-refractivity contribution in [2.45, 2.75) is 64.7 Å². The summed E-state index contributed by atoms with van der Waals surface area (Å²) in [5, 5.41) is 19.3. The molecule has 0 atom stereocenters. The highest BCUT2D eigenvalue weighted by molar-refractivity contribution is 7.99. The molecule has 0 unspecified atom stereocenters. The van der Waals surface area contributed by atoms with Crippen LogP contribution in [0.3, 0.4) is 0 Å². The van der Waals surface area contributed by atoms with Gasteiger partial charge in [-0.2, -0.15) is 0 Å². The maximum Gasteiger partial charge on any atom is 0.303 e. The van der Waals surface area contributed by atoms with Crippen LogP contribution >= 0.6 is 11.8 Å². The molecule has 0 aliphatic rings. The van der Waals surface area contributed by atoms with Gasteiger partial charge in [-0.3, -0.25) is 14.4 Å². The highest BCUT2D eigenvalue weighted by Crippen LogP contribution is 2.35. The van der Waals surface area contributed by atoms with Crippen LogP contribution in [0, 0.1) is 6.92 Å². The Morgan fingerprint density at radius 2 is 1.60 bits per heavy atom. The smallest absolute Gasteiger partial charge is 0.303 e. The van der Waals surface area contributed by atoms with E-state index in [1.54, 1.807) is 30.0 Å². The maximum absolute atomic E-state index is 12.0. The molecule has 0 saturated carbocycles. The largest absolute Gasteiger partial charge is 0.507 e. The molecular weight excluding hydrogens is 468 g/mol. The van der Waals surface area contributed by atoms with Crippen LogP contribution in [0.15, 0.2) is 29.2 Å². The van der Waals surface area contributed by atoms with Crippen LogP contribution in [-0.4, -0.2) is 46.7 Å². The first-order chi connectivity index (χ1) is 16.7.